The molecular formula is C23H26ClNO3S2. The zero-order valence-corrected chi connectivity index (χ0v) is 19.3. The van der Waals surface area contributed by atoms with E-state index in [1.165, 1.54) is 0 Å². The monoisotopic (exact) mass is 463 g/mol. The van der Waals surface area contributed by atoms with Crippen LogP contribution >= 0.6 is 22.4 Å². The highest BCUT2D eigenvalue weighted by Gasteiger charge is 2.40. The molecule has 1 unspecified atom stereocenters. The number of likely N-dealkylation sites (tertiary alicyclic amines) is 1. The molecule has 1 heterocycles. The Hall–Kier alpha value is -1.34. The van der Waals surface area contributed by atoms with E-state index in [-0.39, 0.29) is 23.0 Å². The number of aryl methyl sites for hydroxylation is 1. The van der Waals surface area contributed by atoms with Gasteiger partial charge in [0.15, 0.2) is 5.78 Å². The predicted octanol–water partition coefficient (Wildman–Crippen LogP) is 5.26. The zero-order chi connectivity index (χ0) is 21.3. The molecule has 1 saturated heterocycles. The maximum Gasteiger partial charge on any atom is 0.230 e. The first-order chi connectivity index (χ1) is 14.3. The normalized spacial score (nSPS) is 19.5. The molecule has 0 radical (unpaired) electrons. The van der Waals surface area contributed by atoms with Crippen molar-refractivity contribution in [2.75, 3.05) is 13.1 Å². The second kappa shape index (κ2) is 9.03. The van der Waals surface area contributed by atoms with Gasteiger partial charge >= 0.3 is 0 Å². The van der Waals surface area contributed by atoms with Crippen LogP contribution in [0, 0.1) is 12.8 Å². The summed E-state index contributed by atoms with van der Waals surface area (Å²) in [5, 5.41) is 0.644. The topological polar surface area (TPSA) is 54.5 Å². The minimum Gasteiger partial charge on any atom is -0.297 e. The quantitative estimate of drug-likeness (QED) is 0.524. The number of rotatable bonds is 7. The molecule has 0 bridgehead atoms. The first-order valence-electron chi connectivity index (χ1n) is 10.4. The Labute approximate surface area is 187 Å². The first kappa shape index (κ1) is 21.9. The number of nitrogens with zero attached hydrogens (tertiary/aromatic N) is 1. The minimum absolute atomic E-state index is 0.0236. The number of ketones is 1. The lowest BCUT2D eigenvalue weighted by Gasteiger charge is -2.37. The molecule has 2 aliphatic rings. The van der Waals surface area contributed by atoms with Crippen LogP contribution in [0.1, 0.15) is 42.9 Å². The van der Waals surface area contributed by atoms with Crippen LogP contribution in [0.15, 0.2) is 53.4 Å². The SMILES string of the molecule is Cc1ccc(S(=O)(=O)SC2CCN(C(C(=O)C3CC3)c3ccccc3Cl)CC2)cc1. The summed E-state index contributed by atoms with van der Waals surface area (Å²) in [4.78, 5) is 15.6. The molecule has 0 amide bonds. The second-order valence-corrected chi connectivity index (χ2v) is 12.7. The molecule has 2 fully saturated rings. The summed E-state index contributed by atoms with van der Waals surface area (Å²) in [5.74, 6) is 0.391. The van der Waals surface area contributed by atoms with E-state index in [2.05, 4.69) is 4.90 Å². The van der Waals surface area contributed by atoms with Crippen molar-refractivity contribution in [2.24, 2.45) is 5.92 Å². The fourth-order valence-electron chi connectivity index (χ4n) is 3.99. The van der Waals surface area contributed by atoms with Crippen molar-refractivity contribution < 1.29 is 13.2 Å². The van der Waals surface area contributed by atoms with Gasteiger partial charge in [-0.05, 0) is 67.2 Å². The van der Waals surface area contributed by atoms with Crippen molar-refractivity contribution in [1.29, 1.82) is 0 Å². The summed E-state index contributed by atoms with van der Waals surface area (Å²) in [6.45, 7) is 3.32. The molecule has 2 aromatic carbocycles. The summed E-state index contributed by atoms with van der Waals surface area (Å²) >= 11 is 6.44. The molecule has 30 heavy (non-hydrogen) atoms. The van der Waals surface area contributed by atoms with Gasteiger partial charge in [0, 0.05) is 29.3 Å². The number of hydrogen-bond donors (Lipinski definition) is 0. The van der Waals surface area contributed by atoms with Gasteiger partial charge in [-0.15, -0.1) is 0 Å². The zero-order valence-electron chi connectivity index (χ0n) is 17.0. The first-order valence-corrected chi connectivity index (χ1v) is 13.6. The van der Waals surface area contributed by atoms with Gasteiger partial charge in [-0.3, -0.25) is 9.69 Å². The number of Topliss-reactive ketones (excluding diaryl/α,β-unsaturated/α-hetero) is 1. The average Bonchev–Trinajstić information content (AvgIpc) is 3.56. The molecule has 4 rings (SSSR count). The molecule has 160 valence electrons. The number of benzene rings is 2. The standard InChI is InChI=1S/C23H26ClNO3S2/c1-16-6-10-19(11-7-16)30(27,28)29-18-12-14-25(15-13-18)22(23(26)17-8-9-17)20-4-2-3-5-21(20)24/h2-7,10-11,17-18,22H,8-9,12-15H2,1H3. The minimum atomic E-state index is -3.38. The molecule has 0 N–H and O–H groups in total. The summed E-state index contributed by atoms with van der Waals surface area (Å²) in [6.07, 6.45) is 3.38. The Morgan fingerprint density at radius 3 is 2.27 bits per heavy atom. The Morgan fingerprint density at radius 1 is 1.03 bits per heavy atom. The third-order valence-electron chi connectivity index (χ3n) is 5.86. The van der Waals surface area contributed by atoms with Crippen LogP contribution in [0.5, 0.6) is 0 Å². The highest BCUT2D eigenvalue weighted by atomic mass is 35.5. The van der Waals surface area contributed by atoms with Crippen molar-refractivity contribution in [2.45, 2.75) is 48.8 Å². The van der Waals surface area contributed by atoms with E-state index in [1.54, 1.807) is 12.1 Å². The molecule has 4 nitrogen and oxygen atoms in total. The summed E-state index contributed by atoms with van der Waals surface area (Å²) in [7, 11) is -2.33. The van der Waals surface area contributed by atoms with E-state index < -0.39 is 8.87 Å². The average molecular weight is 464 g/mol. The number of halogens is 1. The lowest BCUT2D eigenvalue weighted by atomic mass is 9.95. The molecule has 7 heteroatoms. The van der Waals surface area contributed by atoms with E-state index >= 15 is 0 Å². The van der Waals surface area contributed by atoms with Gasteiger partial charge in [0.25, 0.3) is 0 Å². The lowest BCUT2D eigenvalue weighted by molar-refractivity contribution is -0.126. The lowest BCUT2D eigenvalue weighted by Crippen LogP contribution is -2.41. The van der Waals surface area contributed by atoms with Crippen LogP contribution in [-0.4, -0.2) is 37.4 Å². The molecule has 0 aromatic heterocycles. The maximum atomic E-state index is 13.1. The number of carbonyl (C=O) groups excluding carboxylic acids is 1. The van der Waals surface area contributed by atoms with Crippen molar-refractivity contribution >= 4 is 37.0 Å². The van der Waals surface area contributed by atoms with Crippen LogP contribution in [0.4, 0.5) is 0 Å². The van der Waals surface area contributed by atoms with Gasteiger partial charge in [-0.1, -0.05) is 47.5 Å². The van der Waals surface area contributed by atoms with Crippen LogP contribution in [0.25, 0.3) is 0 Å². The number of hydrogen-bond acceptors (Lipinski definition) is 5. The van der Waals surface area contributed by atoms with E-state index in [1.807, 2.05) is 43.3 Å². The van der Waals surface area contributed by atoms with E-state index in [0.717, 1.165) is 47.6 Å². The molecule has 1 atom stereocenters. The van der Waals surface area contributed by atoms with Crippen LogP contribution in [0.2, 0.25) is 5.02 Å². The van der Waals surface area contributed by atoms with Gasteiger partial charge in [0.1, 0.15) is 0 Å². The maximum absolute atomic E-state index is 13.1. The molecule has 1 aliphatic heterocycles. The van der Waals surface area contributed by atoms with Gasteiger partial charge in [0.2, 0.25) is 8.87 Å². The second-order valence-electron chi connectivity index (χ2n) is 8.20. The number of carbonyl (C=O) groups is 1. The van der Waals surface area contributed by atoms with Crippen molar-refractivity contribution in [3.8, 4) is 0 Å². The van der Waals surface area contributed by atoms with Crippen LogP contribution in [0.3, 0.4) is 0 Å². The largest absolute Gasteiger partial charge is 0.297 e. The smallest absolute Gasteiger partial charge is 0.230 e. The predicted molar refractivity (Wildman–Crippen MR) is 122 cm³/mol. The van der Waals surface area contributed by atoms with Gasteiger partial charge in [-0.25, -0.2) is 8.42 Å². The third-order valence-corrected chi connectivity index (χ3v) is 10.2. The highest BCUT2D eigenvalue weighted by Crippen LogP contribution is 2.41. The fourth-order valence-corrected chi connectivity index (χ4v) is 7.89. The van der Waals surface area contributed by atoms with Crippen molar-refractivity contribution in [3.63, 3.8) is 0 Å². The van der Waals surface area contributed by atoms with E-state index in [0.29, 0.717) is 23.0 Å². The Kier molecular flexibility index (Phi) is 6.58. The Morgan fingerprint density at radius 2 is 1.67 bits per heavy atom. The molecule has 2 aromatic rings. The summed E-state index contributed by atoms with van der Waals surface area (Å²) in [6, 6.07) is 14.3. The Balaban J connectivity index is 1.45. The van der Waals surface area contributed by atoms with E-state index in [9.17, 15) is 13.2 Å². The summed E-state index contributed by atoms with van der Waals surface area (Å²) < 4.78 is 25.6. The molecule has 1 saturated carbocycles. The van der Waals surface area contributed by atoms with E-state index in [4.69, 9.17) is 11.6 Å². The fraction of sp³-hybridized carbons (Fsp3) is 0.435. The van der Waals surface area contributed by atoms with Gasteiger partial charge < -0.3 is 0 Å². The third kappa shape index (κ3) is 4.93. The highest BCUT2D eigenvalue weighted by molar-refractivity contribution is 8.72. The van der Waals surface area contributed by atoms with Crippen molar-refractivity contribution in [3.05, 3.63) is 64.7 Å². The molecule has 0 spiro atoms. The number of piperidine rings is 1. The van der Waals surface area contributed by atoms with Crippen molar-refractivity contribution in [1.82, 2.24) is 4.90 Å². The van der Waals surface area contributed by atoms with Crippen LogP contribution < -0.4 is 0 Å². The summed E-state index contributed by atoms with van der Waals surface area (Å²) in [5.41, 5.74) is 1.91. The Bertz CT molecular complexity index is 1010. The molecule has 1 aliphatic carbocycles. The molecular weight excluding hydrogens is 438 g/mol. The van der Waals surface area contributed by atoms with Crippen LogP contribution in [-0.2, 0) is 13.7 Å². The van der Waals surface area contributed by atoms with Gasteiger partial charge in [0.05, 0.1) is 10.9 Å². The van der Waals surface area contributed by atoms with Gasteiger partial charge in [-0.2, -0.15) is 0 Å².